The van der Waals surface area contributed by atoms with E-state index in [1.807, 2.05) is 0 Å². The van der Waals surface area contributed by atoms with Crippen LogP contribution in [0.3, 0.4) is 0 Å². The van der Waals surface area contributed by atoms with Crippen LogP contribution in [0.2, 0.25) is 0 Å². The van der Waals surface area contributed by atoms with E-state index in [0.717, 1.165) is 5.56 Å². The molecule has 1 atom stereocenters. The fraction of sp³-hybridized carbons (Fsp3) is 0.333. The van der Waals surface area contributed by atoms with Crippen LogP contribution >= 0.6 is 0 Å². The summed E-state index contributed by atoms with van der Waals surface area (Å²) in [6.07, 6.45) is 0.480. The lowest BCUT2D eigenvalue weighted by molar-refractivity contribution is -0.136. The predicted octanol–water partition coefficient (Wildman–Crippen LogP) is -0.145. The van der Waals surface area contributed by atoms with E-state index in [4.69, 9.17) is 5.73 Å². The Morgan fingerprint density at radius 1 is 1.32 bits per heavy atom. The van der Waals surface area contributed by atoms with Crippen molar-refractivity contribution in [3.05, 3.63) is 34.4 Å². The molecule has 7 nitrogen and oxygen atoms in total. The highest BCUT2D eigenvalue weighted by Crippen LogP contribution is 2.30. The smallest absolute Gasteiger partial charge is 0.255 e. The number of rotatable bonds is 2. The Hall–Kier alpha value is -2.70. The van der Waals surface area contributed by atoms with Crippen molar-refractivity contribution in [2.45, 2.75) is 32.4 Å². The summed E-state index contributed by atoms with van der Waals surface area (Å²) in [5.74, 6) is -1.72. The summed E-state index contributed by atoms with van der Waals surface area (Å²) in [5, 5.41) is 2.24. The first kappa shape index (κ1) is 14.2. The van der Waals surface area contributed by atoms with Crippen molar-refractivity contribution in [3.8, 4) is 0 Å². The van der Waals surface area contributed by atoms with Crippen LogP contribution in [0.4, 0.5) is 0 Å². The number of carbonyl (C=O) groups is 4. The molecule has 4 amide bonds. The van der Waals surface area contributed by atoms with Gasteiger partial charge in [0.05, 0.1) is 0 Å². The highest BCUT2D eigenvalue weighted by Gasteiger charge is 2.40. The van der Waals surface area contributed by atoms with E-state index < -0.39 is 17.9 Å². The van der Waals surface area contributed by atoms with Crippen molar-refractivity contribution >= 4 is 23.6 Å². The van der Waals surface area contributed by atoms with E-state index in [2.05, 4.69) is 5.32 Å². The van der Waals surface area contributed by atoms with Crippen LogP contribution in [0.25, 0.3) is 0 Å². The van der Waals surface area contributed by atoms with Crippen LogP contribution in [-0.4, -0.2) is 34.6 Å². The van der Waals surface area contributed by atoms with Crippen LogP contribution in [-0.2, 0) is 16.1 Å². The zero-order valence-electron chi connectivity index (χ0n) is 12.0. The summed E-state index contributed by atoms with van der Waals surface area (Å²) in [4.78, 5) is 48.7. The second kappa shape index (κ2) is 4.94. The van der Waals surface area contributed by atoms with Gasteiger partial charge in [0, 0.05) is 24.1 Å². The summed E-state index contributed by atoms with van der Waals surface area (Å²) in [6.45, 7) is 1.92. The van der Waals surface area contributed by atoms with Gasteiger partial charge in [-0.2, -0.15) is 0 Å². The maximum atomic E-state index is 12.6. The maximum Gasteiger partial charge on any atom is 0.255 e. The fourth-order valence-corrected chi connectivity index (χ4v) is 3.03. The first-order chi connectivity index (χ1) is 10.4. The minimum Gasteiger partial charge on any atom is -0.366 e. The number of aryl methyl sites for hydroxylation is 1. The lowest BCUT2D eigenvalue weighted by atomic mass is 9.99. The largest absolute Gasteiger partial charge is 0.366 e. The Morgan fingerprint density at radius 3 is 2.68 bits per heavy atom. The van der Waals surface area contributed by atoms with Gasteiger partial charge in [-0.05, 0) is 36.6 Å². The monoisotopic (exact) mass is 301 g/mol. The van der Waals surface area contributed by atoms with Crippen LogP contribution in [0.5, 0.6) is 0 Å². The number of nitrogens with two attached hydrogens (primary N) is 1. The fourth-order valence-electron chi connectivity index (χ4n) is 3.03. The van der Waals surface area contributed by atoms with Gasteiger partial charge in [-0.1, -0.05) is 0 Å². The molecule has 1 fully saturated rings. The summed E-state index contributed by atoms with van der Waals surface area (Å²) in [6, 6.07) is 2.64. The van der Waals surface area contributed by atoms with Crippen LogP contribution in [0.15, 0.2) is 12.1 Å². The molecule has 0 aromatic heterocycles. The minimum atomic E-state index is -0.696. The number of primary amides is 1. The second-order valence-electron chi connectivity index (χ2n) is 5.60. The molecule has 1 aromatic rings. The molecule has 0 radical (unpaired) electrons. The van der Waals surface area contributed by atoms with Crippen molar-refractivity contribution < 1.29 is 19.2 Å². The van der Waals surface area contributed by atoms with Crippen LogP contribution in [0.1, 0.15) is 44.7 Å². The van der Waals surface area contributed by atoms with Gasteiger partial charge >= 0.3 is 0 Å². The average Bonchev–Trinajstić information content (AvgIpc) is 2.75. The molecule has 0 saturated carbocycles. The molecule has 114 valence electrons. The highest BCUT2D eigenvalue weighted by molar-refractivity contribution is 6.07. The Balaban J connectivity index is 1.98. The number of fused-ring (bicyclic) bond motifs is 1. The third-order valence-corrected chi connectivity index (χ3v) is 4.07. The van der Waals surface area contributed by atoms with Crippen molar-refractivity contribution in [2.75, 3.05) is 0 Å². The summed E-state index contributed by atoms with van der Waals surface area (Å²) in [5.41, 5.74) is 7.39. The van der Waals surface area contributed by atoms with Crippen molar-refractivity contribution in [3.63, 3.8) is 0 Å². The number of hydrogen-bond donors (Lipinski definition) is 2. The molecular formula is C15H15N3O4. The number of piperidine rings is 1. The number of benzene rings is 1. The maximum absolute atomic E-state index is 12.6. The molecule has 0 aliphatic carbocycles. The number of hydrogen-bond acceptors (Lipinski definition) is 4. The van der Waals surface area contributed by atoms with Gasteiger partial charge in [0.15, 0.2) is 0 Å². The van der Waals surface area contributed by atoms with Crippen LogP contribution < -0.4 is 11.1 Å². The number of amides is 4. The average molecular weight is 301 g/mol. The summed E-state index contributed by atoms with van der Waals surface area (Å²) < 4.78 is 0. The molecule has 3 rings (SSSR count). The molecule has 0 bridgehead atoms. The third kappa shape index (κ3) is 2.14. The van der Waals surface area contributed by atoms with Crippen LogP contribution in [0, 0.1) is 6.92 Å². The topological polar surface area (TPSA) is 110 Å². The molecule has 7 heteroatoms. The highest BCUT2D eigenvalue weighted by atomic mass is 16.2. The van der Waals surface area contributed by atoms with Gasteiger partial charge in [-0.3, -0.25) is 24.5 Å². The standard InChI is InChI=1S/C15H15N3O4/c1-7-4-8(13(16)20)10-6-18(15(22)9(10)5-7)11-2-3-12(19)17-14(11)21/h4-5,11H,2-3,6H2,1H3,(H2,16,20)(H,17,19,21). The van der Waals surface area contributed by atoms with Crippen molar-refractivity contribution in [2.24, 2.45) is 5.73 Å². The number of nitrogens with one attached hydrogen (secondary N) is 1. The third-order valence-electron chi connectivity index (χ3n) is 4.07. The lowest BCUT2D eigenvalue weighted by Gasteiger charge is -2.29. The molecule has 3 N–H and O–H groups in total. The van der Waals surface area contributed by atoms with E-state index in [-0.39, 0.29) is 31.2 Å². The molecule has 2 aliphatic heterocycles. The van der Waals surface area contributed by atoms with E-state index in [9.17, 15) is 19.2 Å². The zero-order chi connectivity index (χ0) is 16.0. The molecule has 22 heavy (non-hydrogen) atoms. The molecule has 2 heterocycles. The Kier molecular flexibility index (Phi) is 3.20. The quantitative estimate of drug-likeness (QED) is 0.740. The lowest BCUT2D eigenvalue weighted by Crippen LogP contribution is -2.52. The van der Waals surface area contributed by atoms with Gasteiger partial charge in [0.25, 0.3) is 5.91 Å². The van der Waals surface area contributed by atoms with Gasteiger partial charge in [0.1, 0.15) is 6.04 Å². The molecule has 2 aliphatic rings. The van der Waals surface area contributed by atoms with Crippen molar-refractivity contribution in [1.29, 1.82) is 0 Å². The normalized spacial score (nSPS) is 20.9. The second-order valence-corrected chi connectivity index (χ2v) is 5.60. The first-order valence-corrected chi connectivity index (χ1v) is 6.96. The molecule has 1 saturated heterocycles. The first-order valence-electron chi connectivity index (χ1n) is 6.96. The SMILES string of the molecule is Cc1cc(C(N)=O)c2c(c1)C(=O)N(C1CCC(=O)NC1=O)C2. The van der Waals surface area contributed by atoms with Crippen molar-refractivity contribution in [1.82, 2.24) is 10.2 Å². The number of imide groups is 1. The Morgan fingerprint density at radius 2 is 2.05 bits per heavy atom. The molecule has 1 aromatic carbocycles. The Bertz CT molecular complexity index is 726. The molecular weight excluding hydrogens is 286 g/mol. The van der Waals surface area contributed by atoms with Gasteiger partial charge in [0.2, 0.25) is 17.7 Å². The van der Waals surface area contributed by atoms with Gasteiger partial charge in [-0.25, -0.2) is 0 Å². The molecule has 0 spiro atoms. The van der Waals surface area contributed by atoms with E-state index in [0.29, 0.717) is 16.7 Å². The predicted molar refractivity (Wildman–Crippen MR) is 75.7 cm³/mol. The summed E-state index contributed by atoms with van der Waals surface area (Å²) >= 11 is 0. The summed E-state index contributed by atoms with van der Waals surface area (Å²) in [7, 11) is 0. The van der Waals surface area contributed by atoms with E-state index in [1.54, 1.807) is 19.1 Å². The molecule has 1 unspecified atom stereocenters. The number of nitrogens with zero attached hydrogens (tertiary/aromatic N) is 1. The van der Waals surface area contributed by atoms with E-state index in [1.165, 1.54) is 4.90 Å². The van der Waals surface area contributed by atoms with Gasteiger partial charge in [-0.15, -0.1) is 0 Å². The number of carbonyl (C=O) groups excluding carboxylic acids is 4. The van der Waals surface area contributed by atoms with E-state index >= 15 is 0 Å². The zero-order valence-corrected chi connectivity index (χ0v) is 12.0. The minimum absolute atomic E-state index is 0.152. The van der Waals surface area contributed by atoms with Gasteiger partial charge < -0.3 is 10.6 Å². The Labute approximate surface area is 126 Å².